The molecule has 2 nitrogen and oxygen atoms in total. The first-order valence-corrected chi connectivity index (χ1v) is 7.38. The summed E-state index contributed by atoms with van der Waals surface area (Å²) in [5.74, 6) is 0.255. The van der Waals surface area contributed by atoms with Crippen molar-refractivity contribution < 1.29 is 8.42 Å². The molecule has 0 radical (unpaired) electrons. The second-order valence-electron chi connectivity index (χ2n) is 5.05. The molecule has 0 aliphatic rings. The highest BCUT2D eigenvalue weighted by Crippen LogP contribution is 2.30. The predicted octanol–water partition coefficient (Wildman–Crippen LogP) is 3.00. The maximum atomic E-state index is 11.6. The SMILES string of the molecule is CC(CC(C)(C)S(C)(=O)=O)c1ccccc1. The fourth-order valence-corrected chi connectivity index (χ4v) is 2.34. The standard InChI is InChI=1S/C13H20O2S/c1-11(12-8-6-5-7-9-12)10-13(2,3)16(4,14)15/h5-9,11H,10H2,1-4H3. The van der Waals surface area contributed by atoms with Crippen molar-refractivity contribution in [3.8, 4) is 0 Å². The van der Waals surface area contributed by atoms with E-state index in [0.717, 1.165) is 0 Å². The fraction of sp³-hybridized carbons (Fsp3) is 0.538. The Bertz CT molecular complexity index is 432. The van der Waals surface area contributed by atoms with Gasteiger partial charge in [-0.15, -0.1) is 0 Å². The lowest BCUT2D eigenvalue weighted by atomic mass is 9.91. The Morgan fingerprint density at radius 3 is 2.12 bits per heavy atom. The highest BCUT2D eigenvalue weighted by atomic mass is 32.2. The lowest BCUT2D eigenvalue weighted by Gasteiger charge is -2.26. The van der Waals surface area contributed by atoms with Crippen LogP contribution in [0, 0.1) is 0 Å². The van der Waals surface area contributed by atoms with Crippen molar-refractivity contribution in [2.24, 2.45) is 0 Å². The van der Waals surface area contributed by atoms with Gasteiger partial charge in [-0.3, -0.25) is 0 Å². The van der Waals surface area contributed by atoms with Crippen LogP contribution in [0.5, 0.6) is 0 Å². The molecule has 0 aliphatic carbocycles. The molecule has 1 aromatic rings. The summed E-state index contributed by atoms with van der Waals surface area (Å²) >= 11 is 0. The van der Waals surface area contributed by atoms with Crippen LogP contribution in [0.3, 0.4) is 0 Å². The molecule has 0 saturated carbocycles. The van der Waals surface area contributed by atoms with E-state index < -0.39 is 14.6 Å². The Labute approximate surface area is 98.6 Å². The zero-order valence-electron chi connectivity index (χ0n) is 10.4. The third-order valence-electron chi connectivity index (χ3n) is 3.17. The van der Waals surface area contributed by atoms with Crippen molar-refractivity contribution >= 4 is 9.84 Å². The molecule has 3 heteroatoms. The molecular weight excluding hydrogens is 220 g/mol. The topological polar surface area (TPSA) is 34.1 Å². The first kappa shape index (κ1) is 13.2. The maximum Gasteiger partial charge on any atom is 0.152 e. The minimum absolute atomic E-state index is 0.255. The molecule has 0 spiro atoms. The average Bonchev–Trinajstić information content (AvgIpc) is 2.16. The second-order valence-corrected chi connectivity index (χ2v) is 7.70. The van der Waals surface area contributed by atoms with Gasteiger partial charge in [0, 0.05) is 6.26 Å². The molecule has 90 valence electrons. The van der Waals surface area contributed by atoms with Crippen molar-refractivity contribution in [2.75, 3.05) is 6.26 Å². The van der Waals surface area contributed by atoms with Crippen LogP contribution in [0.4, 0.5) is 0 Å². The summed E-state index contributed by atoms with van der Waals surface area (Å²) < 4.78 is 22.6. The molecule has 0 fully saturated rings. The van der Waals surface area contributed by atoms with Gasteiger partial charge in [0.1, 0.15) is 0 Å². The van der Waals surface area contributed by atoms with Crippen LogP contribution in [0.25, 0.3) is 0 Å². The Balaban J connectivity index is 2.84. The van der Waals surface area contributed by atoms with Gasteiger partial charge in [-0.2, -0.15) is 0 Å². The number of sulfone groups is 1. The minimum Gasteiger partial charge on any atom is -0.229 e. The van der Waals surface area contributed by atoms with Gasteiger partial charge in [-0.25, -0.2) is 8.42 Å². The van der Waals surface area contributed by atoms with E-state index in [0.29, 0.717) is 6.42 Å². The first-order chi connectivity index (χ1) is 7.24. The van der Waals surface area contributed by atoms with Crippen LogP contribution < -0.4 is 0 Å². The maximum absolute atomic E-state index is 11.6. The van der Waals surface area contributed by atoms with Gasteiger partial charge < -0.3 is 0 Å². The monoisotopic (exact) mass is 240 g/mol. The molecule has 16 heavy (non-hydrogen) atoms. The lowest BCUT2D eigenvalue weighted by molar-refractivity contribution is 0.503. The van der Waals surface area contributed by atoms with E-state index >= 15 is 0 Å². The van der Waals surface area contributed by atoms with E-state index in [1.807, 2.05) is 30.3 Å². The predicted molar refractivity (Wildman–Crippen MR) is 68.4 cm³/mol. The van der Waals surface area contributed by atoms with Crippen molar-refractivity contribution in [3.63, 3.8) is 0 Å². The summed E-state index contributed by atoms with van der Waals surface area (Å²) in [6, 6.07) is 10.0. The summed E-state index contributed by atoms with van der Waals surface area (Å²) in [4.78, 5) is 0. The second kappa shape index (κ2) is 4.58. The van der Waals surface area contributed by atoms with Crippen LogP contribution in [0.2, 0.25) is 0 Å². The van der Waals surface area contributed by atoms with Gasteiger partial charge in [-0.1, -0.05) is 37.3 Å². The molecule has 0 aliphatic heterocycles. The molecule has 0 heterocycles. The number of hydrogen-bond acceptors (Lipinski definition) is 2. The third kappa shape index (κ3) is 3.08. The quantitative estimate of drug-likeness (QED) is 0.810. The summed E-state index contributed by atoms with van der Waals surface area (Å²) in [7, 11) is -3.01. The van der Waals surface area contributed by atoms with Crippen molar-refractivity contribution in [3.05, 3.63) is 35.9 Å². The Kier molecular flexibility index (Phi) is 3.79. The number of hydrogen-bond donors (Lipinski definition) is 0. The van der Waals surface area contributed by atoms with E-state index in [1.54, 1.807) is 13.8 Å². The zero-order valence-corrected chi connectivity index (χ0v) is 11.2. The number of benzene rings is 1. The largest absolute Gasteiger partial charge is 0.229 e. The summed E-state index contributed by atoms with van der Waals surface area (Å²) in [5.41, 5.74) is 1.19. The van der Waals surface area contributed by atoms with E-state index in [-0.39, 0.29) is 5.92 Å². The molecule has 1 unspecified atom stereocenters. The zero-order chi connectivity index (χ0) is 12.4. The molecule has 1 rings (SSSR count). The minimum atomic E-state index is -3.01. The highest BCUT2D eigenvalue weighted by Gasteiger charge is 2.32. The Hall–Kier alpha value is -0.830. The van der Waals surface area contributed by atoms with Gasteiger partial charge in [-0.05, 0) is 31.7 Å². The van der Waals surface area contributed by atoms with Gasteiger partial charge >= 0.3 is 0 Å². The van der Waals surface area contributed by atoms with Gasteiger partial charge in [0.25, 0.3) is 0 Å². The van der Waals surface area contributed by atoms with E-state index in [9.17, 15) is 8.42 Å². The summed E-state index contributed by atoms with van der Waals surface area (Å²) in [6.07, 6.45) is 1.96. The van der Waals surface area contributed by atoms with E-state index in [2.05, 4.69) is 6.92 Å². The average molecular weight is 240 g/mol. The molecule has 0 N–H and O–H groups in total. The van der Waals surface area contributed by atoms with Crippen LogP contribution >= 0.6 is 0 Å². The summed E-state index contributed by atoms with van der Waals surface area (Å²) in [6.45, 7) is 5.66. The van der Waals surface area contributed by atoms with Crippen LogP contribution in [-0.2, 0) is 9.84 Å². The van der Waals surface area contributed by atoms with Crippen molar-refractivity contribution in [1.29, 1.82) is 0 Å². The van der Waals surface area contributed by atoms with Crippen LogP contribution in [-0.4, -0.2) is 19.4 Å². The fourth-order valence-electron chi connectivity index (χ4n) is 1.79. The molecule has 0 aromatic heterocycles. The van der Waals surface area contributed by atoms with E-state index in [1.165, 1.54) is 11.8 Å². The van der Waals surface area contributed by atoms with E-state index in [4.69, 9.17) is 0 Å². The third-order valence-corrected chi connectivity index (χ3v) is 5.34. The highest BCUT2D eigenvalue weighted by molar-refractivity contribution is 7.92. The van der Waals surface area contributed by atoms with Gasteiger partial charge in [0.15, 0.2) is 9.84 Å². The van der Waals surface area contributed by atoms with Crippen molar-refractivity contribution in [1.82, 2.24) is 0 Å². The van der Waals surface area contributed by atoms with Crippen molar-refractivity contribution in [2.45, 2.75) is 37.9 Å². The molecule has 0 amide bonds. The molecular formula is C13H20O2S. The van der Waals surface area contributed by atoms with Crippen LogP contribution in [0.15, 0.2) is 30.3 Å². The Morgan fingerprint density at radius 2 is 1.69 bits per heavy atom. The smallest absolute Gasteiger partial charge is 0.152 e. The van der Waals surface area contributed by atoms with Crippen LogP contribution in [0.1, 0.15) is 38.7 Å². The molecule has 1 aromatic carbocycles. The molecule has 0 bridgehead atoms. The number of rotatable bonds is 4. The molecule has 1 atom stereocenters. The molecule has 0 saturated heterocycles. The summed E-state index contributed by atoms with van der Waals surface area (Å²) in [5, 5.41) is 0. The van der Waals surface area contributed by atoms with Gasteiger partial charge in [0.05, 0.1) is 4.75 Å². The normalized spacial score (nSPS) is 14.8. The van der Waals surface area contributed by atoms with Gasteiger partial charge in [0.2, 0.25) is 0 Å². The lowest BCUT2D eigenvalue weighted by Crippen LogP contribution is -2.32. The first-order valence-electron chi connectivity index (χ1n) is 5.48. The Morgan fingerprint density at radius 1 is 1.19 bits per heavy atom.